The molecule has 0 amide bonds. The summed E-state index contributed by atoms with van der Waals surface area (Å²) in [5.74, 6) is 1.66. The molecule has 0 aliphatic rings. The molecule has 0 aromatic carbocycles. The second-order valence-electron chi connectivity index (χ2n) is 5.00. The van der Waals surface area contributed by atoms with Crippen LogP contribution in [0.2, 0.25) is 0 Å². The highest BCUT2D eigenvalue weighted by Gasteiger charge is 2.10. The summed E-state index contributed by atoms with van der Waals surface area (Å²) < 4.78 is 5.44. The topological polar surface area (TPSA) is 34.2 Å². The first-order valence-corrected chi connectivity index (χ1v) is 6.79. The van der Waals surface area contributed by atoms with E-state index in [2.05, 4.69) is 31.1 Å². The van der Waals surface area contributed by atoms with Crippen molar-refractivity contribution in [2.24, 2.45) is 5.92 Å². The first kappa shape index (κ1) is 15.0. The third-order valence-corrected chi connectivity index (χ3v) is 3.37. The molecule has 0 spiro atoms. The van der Waals surface area contributed by atoms with E-state index in [-0.39, 0.29) is 0 Å². The Kier molecular flexibility index (Phi) is 6.13. The summed E-state index contributed by atoms with van der Waals surface area (Å²) in [4.78, 5) is 4.54. The van der Waals surface area contributed by atoms with Crippen LogP contribution in [0.1, 0.15) is 37.1 Å². The van der Waals surface area contributed by atoms with E-state index in [4.69, 9.17) is 4.74 Å². The summed E-state index contributed by atoms with van der Waals surface area (Å²) in [5.41, 5.74) is 3.47. The molecule has 1 rings (SSSR count). The zero-order valence-corrected chi connectivity index (χ0v) is 12.3. The Morgan fingerprint density at radius 3 is 2.72 bits per heavy atom. The molecule has 0 bridgehead atoms. The maximum Gasteiger partial charge on any atom is 0.128 e. The minimum atomic E-state index is 0.679. The van der Waals surface area contributed by atoms with Crippen molar-refractivity contribution < 1.29 is 4.74 Å². The smallest absolute Gasteiger partial charge is 0.128 e. The average Bonchev–Trinajstić information content (AvgIpc) is 2.36. The summed E-state index contributed by atoms with van der Waals surface area (Å²) >= 11 is 0. The number of aryl methyl sites for hydroxylation is 2. The number of nitrogens with one attached hydrogen (secondary N) is 1. The SMILES string of the molecule is CCNCC(C)CCc1ncc(C)c(OC)c1C. The van der Waals surface area contributed by atoms with Gasteiger partial charge >= 0.3 is 0 Å². The predicted octanol–water partition coefficient (Wildman–Crippen LogP) is 2.89. The van der Waals surface area contributed by atoms with Crippen LogP contribution in [0.4, 0.5) is 0 Å². The maximum absolute atomic E-state index is 5.44. The van der Waals surface area contributed by atoms with Crippen molar-refractivity contribution in [1.82, 2.24) is 10.3 Å². The van der Waals surface area contributed by atoms with Crippen molar-refractivity contribution in [2.75, 3.05) is 20.2 Å². The first-order chi connectivity index (χ1) is 8.60. The van der Waals surface area contributed by atoms with Gasteiger partial charge in [-0.05, 0) is 45.7 Å². The van der Waals surface area contributed by atoms with Gasteiger partial charge in [-0.3, -0.25) is 4.98 Å². The number of ether oxygens (including phenoxy) is 1. The molecule has 0 aliphatic carbocycles. The summed E-state index contributed by atoms with van der Waals surface area (Å²) in [6.07, 6.45) is 4.10. The van der Waals surface area contributed by atoms with Gasteiger partial charge in [-0.1, -0.05) is 13.8 Å². The molecule has 0 saturated heterocycles. The van der Waals surface area contributed by atoms with E-state index in [1.165, 1.54) is 11.3 Å². The molecule has 3 nitrogen and oxygen atoms in total. The fourth-order valence-electron chi connectivity index (χ4n) is 2.20. The lowest BCUT2D eigenvalue weighted by Gasteiger charge is -2.14. The van der Waals surface area contributed by atoms with Gasteiger partial charge in [0.1, 0.15) is 5.75 Å². The van der Waals surface area contributed by atoms with Crippen LogP contribution in [-0.4, -0.2) is 25.2 Å². The monoisotopic (exact) mass is 250 g/mol. The molecule has 0 radical (unpaired) electrons. The second-order valence-corrected chi connectivity index (χ2v) is 5.00. The molecular formula is C15H26N2O. The van der Waals surface area contributed by atoms with Crippen molar-refractivity contribution in [3.05, 3.63) is 23.0 Å². The molecule has 1 heterocycles. The minimum Gasteiger partial charge on any atom is -0.496 e. The maximum atomic E-state index is 5.44. The molecule has 1 aromatic heterocycles. The number of hydrogen-bond donors (Lipinski definition) is 1. The number of nitrogens with zero attached hydrogens (tertiary/aromatic N) is 1. The summed E-state index contributed by atoms with van der Waals surface area (Å²) in [6, 6.07) is 0. The van der Waals surface area contributed by atoms with Gasteiger partial charge in [0.15, 0.2) is 0 Å². The lowest BCUT2D eigenvalue weighted by Crippen LogP contribution is -2.21. The number of rotatable bonds is 7. The number of methoxy groups -OCH3 is 1. The fraction of sp³-hybridized carbons (Fsp3) is 0.667. The molecule has 1 N–H and O–H groups in total. The van der Waals surface area contributed by atoms with Gasteiger partial charge < -0.3 is 10.1 Å². The Labute approximate surface area is 111 Å². The van der Waals surface area contributed by atoms with E-state index in [0.29, 0.717) is 5.92 Å². The molecule has 0 saturated carbocycles. The third kappa shape index (κ3) is 3.98. The van der Waals surface area contributed by atoms with Gasteiger partial charge in [0, 0.05) is 23.0 Å². The van der Waals surface area contributed by atoms with Crippen molar-refractivity contribution in [3.63, 3.8) is 0 Å². The van der Waals surface area contributed by atoms with Gasteiger partial charge in [-0.25, -0.2) is 0 Å². The van der Waals surface area contributed by atoms with Crippen molar-refractivity contribution in [1.29, 1.82) is 0 Å². The number of pyridine rings is 1. The number of hydrogen-bond acceptors (Lipinski definition) is 3. The van der Waals surface area contributed by atoms with E-state index in [9.17, 15) is 0 Å². The van der Waals surface area contributed by atoms with Gasteiger partial charge in [0.05, 0.1) is 7.11 Å². The molecule has 1 aromatic rings. The van der Waals surface area contributed by atoms with Gasteiger partial charge in [-0.2, -0.15) is 0 Å². The zero-order chi connectivity index (χ0) is 13.5. The number of aromatic nitrogens is 1. The van der Waals surface area contributed by atoms with Crippen molar-refractivity contribution >= 4 is 0 Å². The highest BCUT2D eigenvalue weighted by atomic mass is 16.5. The van der Waals surface area contributed by atoms with E-state index in [1.807, 2.05) is 13.1 Å². The highest BCUT2D eigenvalue weighted by Crippen LogP contribution is 2.25. The molecule has 18 heavy (non-hydrogen) atoms. The van der Waals surface area contributed by atoms with Crippen molar-refractivity contribution in [3.8, 4) is 5.75 Å². The average molecular weight is 250 g/mol. The summed E-state index contributed by atoms with van der Waals surface area (Å²) in [6.45, 7) is 10.7. The summed E-state index contributed by atoms with van der Waals surface area (Å²) in [7, 11) is 1.73. The standard InChI is InChI=1S/C15H26N2O/c1-6-16-9-11(2)7-8-14-13(4)15(18-5)12(3)10-17-14/h10-11,16H,6-9H2,1-5H3. The van der Waals surface area contributed by atoms with Crippen LogP contribution in [0.3, 0.4) is 0 Å². The minimum absolute atomic E-state index is 0.679. The highest BCUT2D eigenvalue weighted by molar-refractivity contribution is 5.41. The second kappa shape index (κ2) is 7.37. The predicted molar refractivity (Wildman–Crippen MR) is 76.3 cm³/mol. The Hall–Kier alpha value is -1.09. The van der Waals surface area contributed by atoms with Crippen LogP contribution in [0.25, 0.3) is 0 Å². The summed E-state index contributed by atoms with van der Waals surface area (Å²) in [5, 5.41) is 3.39. The lowest BCUT2D eigenvalue weighted by molar-refractivity contribution is 0.406. The van der Waals surface area contributed by atoms with Crippen molar-refractivity contribution in [2.45, 2.75) is 40.5 Å². The quantitative estimate of drug-likeness (QED) is 0.808. The van der Waals surface area contributed by atoms with E-state index in [1.54, 1.807) is 7.11 Å². The van der Waals surface area contributed by atoms with Gasteiger partial charge in [0.25, 0.3) is 0 Å². The third-order valence-electron chi connectivity index (χ3n) is 3.37. The first-order valence-electron chi connectivity index (χ1n) is 6.79. The fourth-order valence-corrected chi connectivity index (χ4v) is 2.20. The molecular weight excluding hydrogens is 224 g/mol. The molecule has 0 aliphatic heterocycles. The molecule has 0 fully saturated rings. The largest absolute Gasteiger partial charge is 0.496 e. The Balaban J connectivity index is 2.62. The van der Waals surface area contributed by atoms with Crippen LogP contribution in [0, 0.1) is 19.8 Å². The normalized spacial score (nSPS) is 12.5. The molecule has 1 atom stereocenters. The van der Waals surface area contributed by atoms with E-state index < -0.39 is 0 Å². The van der Waals surface area contributed by atoms with E-state index in [0.717, 1.165) is 37.2 Å². The molecule has 3 heteroatoms. The van der Waals surface area contributed by atoms with Crippen LogP contribution >= 0.6 is 0 Å². The Bertz CT molecular complexity index is 377. The van der Waals surface area contributed by atoms with Crippen LogP contribution in [-0.2, 0) is 6.42 Å². The molecule has 102 valence electrons. The Morgan fingerprint density at radius 1 is 1.39 bits per heavy atom. The van der Waals surface area contributed by atoms with Crippen LogP contribution in [0.15, 0.2) is 6.20 Å². The van der Waals surface area contributed by atoms with E-state index >= 15 is 0 Å². The van der Waals surface area contributed by atoms with Crippen LogP contribution < -0.4 is 10.1 Å². The Morgan fingerprint density at radius 2 is 2.11 bits per heavy atom. The molecule has 1 unspecified atom stereocenters. The van der Waals surface area contributed by atoms with Gasteiger partial charge in [-0.15, -0.1) is 0 Å². The van der Waals surface area contributed by atoms with Gasteiger partial charge in [0.2, 0.25) is 0 Å². The van der Waals surface area contributed by atoms with Crippen LogP contribution in [0.5, 0.6) is 5.75 Å². The zero-order valence-electron chi connectivity index (χ0n) is 12.3. The lowest BCUT2D eigenvalue weighted by atomic mass is 10.0.